The third-order valence-electron chi connectivity index (χ3n) is 3.97. The van der Waals surface area contributed by atoms with Crippen molar-refractivity contribution in [2.45, 2.75) is 39.3 Å². The largest absolute Gasteiger partial charge is 0.380 e. The van der Waals surface area contributed by atoms with Crippen LogP contribution >= 0.6 is 38.9 Å². The van der Waals surface area contributed by atoms with Crippen molar-refractivity contribution < 1.29 is 4.74 Å². The van der Waals surface area contributed by atoms with Crippen LogP contribution in [0.5, 0.6) is 0 Å². The van der Waals surface area contributed by atoms with Crippen molar-refractivity contribution in [3.8, 4) is 0 Å². The Morgan fingerprint density at radius 2 is 2.07 bits per heavy atom. The van der Waals surface area contributed by atoms with Crippen LogP contribution in [0.1, 0.15) is 32.3 Å². The van der Waals surface area contributed by atoms with E-state index >= 15 is 0 Å². The highest BCUT2D eigenvalue weighted by Crippen LogP contribution is 2.35. The van der Waals surface area contributed by atoms with Crippen molar-refractivity contribution in [1.82, 2.24) is 4.98 Å². The van der Waals surface area contributed by atoms with Crippen LogP contribution in [-0.2, 0) is 11.3 Å². The fraction of sp³-hybridized carbons (Fsp3) is 0.381. The molecule has 2 aromatic heterocycles. The first-order valence-electron chi connectivity index (χ1n) is 9.48. The molecule has 0 saturated carbocycles. The highest BCUT2D eigenvalue weighted by Gasteiger charge is 2.10. The van der Waals surface area contributed by atoms with Crippen molar-refractivity contribution in [1.29, 1.82) is 0 Å². The minimum absolute atomic E-state index is 0.314. The second kappa shape index (κ2) is 12.4. The topological polar surface area (TPSA) is 60.2 Å². The van der Waals surface area contributed by atoms with Gasteiger partial charge in [0.1, 0.15) is 5.15 Å². The molecule has 0 bridgehead atoms. The maximum Gasteiger partial charge on any atom is 0.131 e. The summed E-state index contributed by atoms with van der Waals surface area (Å²) in [5.74, 6) is 0. The van der Waals surface area contributed by atoms with Gasteiger partial charge in [-0.2, -0.15) is 0 Å². The minimum Gasteiger partial charge on any atom is -0.380 e. The molecule has 28 heavy (non-hydrogen) atoms. The lowest BCUT2D eigenvalue weighted by atomic mass is 10.1. The zero-order valence-electron chi connectivity index (χ0n) is 16.3. The van der Waals surface area contributed by atoms with E-state index in [0.29, 0.717) is 11.2 Å². The van der Waals surface area contributed by atoms with Gasteiger partial charge in [-0.05, 0) is 34.3 Å². The van der Waals surface area contributed by atoms with Crippen molar-refractivity contribution >= 4 is 54.8 Å². The van der Waals surface area contributed by atoms with Gasteiger partial charge in [-0.1, -0.05) is 55.8 Å². The van der Waals surface area contributed by atoms with Gasteiger partial charge in [0.25, 0.3) is 0 Å². The van der Waals surface area contributed by atoms with Crippen LogP contribution in [-0.4, -0.2) is 24.2 Å². The van der Waals surface area contributed by atoms with Gasteiger partial charge in [0, 0.05) is 30.6 Å². The molecule has 4 nitrogen and oxygen atoms in total. The van der Waals surface area contributed by atoms with E-state index in [4.69, 9.17) is 22.1 Å². The number of nitrogens with two attached hydrogens (primary N) is 1. The second-order valence-corrected chi connectivity index (χ2v) is 8.19. The smallest absolute Gasteiger partial charge is 0.131 e. The molecule has 0 spiro atoms. The first-order chi connectivity index (χ1) is 13.6. The number of aromatic nitrogens is 1. The number of hydrogen-bond donors (Lipinski definition) is 2. The summed E-state index contributed by atoms with van der Waals surface area (Å²) in [7, 11) is 0. The molecule has 0 aliphatic carbocycles. The molecule has 0 radical (unpaired) electrons. The molecule has 0 amide bonds. The summed E-state index contributed by atoms with van der Waals surface area (Å²) in [5, 5.41) is 5.95. The number of ether oxygens (including phenoxy) is 1. The molecule has 1 fully saturated rings. The predicted molar refractivity (Wildman–Crippen MR) is 125 cm³/mol. The van der Waals surface area contributed by atoms with Gasteiger partial charge < -0.3 is 15.8 Å². The summed E-state index contributed by atoms with van der Waals surface area (Å²) >= 11 is 11.2. The maximum absolute atomic E-state index is 6.07. The lowest BCUT2D eigenvalue weighted by Gasteiger charge is -2.16. The zero-order chi connectivity index (χ0) is 20.4. The van der Waals surface area contributed by atoms with E-state index in [1.54, 1.807) is 11.3 Å². The van der Waals surface area contributed by atoms with Gasteiger partial charge in [-0.15, -0.1) is 11.3 Å². The number of fused-ring (bicyclic) bond motifs is 1. The summed E-state index contributed by atoms with van der Waals surface area (Å²) in [6, 6.07) is 12.5. The number of pyridine rings is 1. The first kappa shape index (κ1) is 23.1. The molecule has 1 atom stereocenters. The monoisotopic (exact) mass is 483 g/mol. The number of hydrogen-bond acceptors (Lipinski definition) is 5. The Bertz CT molecular complexity index is 838. The number of thiophene rings is 1. The van der Waals surface area contributed by atoms with E-state index in [-0.39, 0.29) is 0 Å². The number of halogens is 2. The zero-order valence-corrected chi connectivity index (χ0v) is 19.4. The van der Waals surface area contributed by atoms with Crippen molar-refractivity contribution in [3.05, 3.63) is 57.0 Å². The summed E-state index contributed by atoms with van der Waals surface area (Å²) < 4.78 is 7.16. The fourth-order valence-electron chi connectivity index (χ4n) is 2.64. The third kappa shape index (κ3) is 7.01. The molecular formula is C21H27BrClN3OS. The quantitative estimate of drug-likeness (QED) is 0.418. The molecule has 1 unspecified atom stereocenters. The maximum atomic E-state index is 6.07. The Kier molecular flexibility index (Phi) is 10.2. The SMILES string of the molecule is CC.Clc1cc(NCc2ccccc2)c2scc(Br)c2n1.NC1CCCOC1. The molecule has 1 aliphatic rings. The Labute approximate surface area is 184 Å². The molecule has 1 aliphatic heterocycles. The van der Waals surface area contributed by atoms with Gasteiger partial charge in [0.05, 0.1) is 27.0 Å². The average molecular weight is 485 g/mol. The van der Waals surface area contributed by atoms with Gasteiger partial charge in [0.15, 0.2) is 0 Å². The van der Waals surface area contributed by atoms with Crippen LogP contribution in [0.4, 0.5) is 5.69 Å². The molecule has 1 saturated heterocycles. The molecule has 3 aromatic rings. The van der Waals surface area contributed by atoms with E-state index in [9.17, 15) is 0 Å². The predicted octanol–water partition coefficient (Wildman–Crippen LogP) is 6.47. The van der Waals surface area contributed by atoms with E-state index in [1.165, 1.54) is 5.56 Å². The Morgan fingerprint density at radius 1 is 1.32 bits per heavy atom. The van der Waals surface area contributed by atoms with E-state index in [0.717, 1.165) is 53.0 Å². The van der Waals surface area contributed by atoms with Crippen molar-refractivity contribution in [3.63, 3.8) is 0 Å². The molecule has 3 heterocycles. The summed E-state index contributed by atoms with van der Waals surface area (Å²) in [5.41, 5.74) is 8.68. The summed E-state index contributed by atoms with van der Waals surface area (Å²) in [6.07, 6.45) is 2.28. The van der Waals surface area contributed by atoms with Crippen LogP contribution in [0.3, 0.4) is 0 Å². The molecule has 1 aromatic carbocycles. The standard InChI is InChI=1S/C14H10BrClN2S.C5H11NO.C2H6/c15-10-8-19-14-11(6-12(16)18-13(10)14)17-7-9-4-2-1-3-5-9;6-5-2-1-3-7-4-5;1-2/h1-6,8H,7H2,(H,17,18);5H,1-4,6H2;1-2H3. The lowest BCUT2D eigenvalue weighted by molar-refractivity contribution is 0.0822. The second-order valence-electron chi connectivity index (χ2n) is 6.07. The van der Waals surface area contributed by atoms with E-state index in [1.807, 2.05) is 43.5 Å². The first-order valence-corrected chi connectivity index (χ1v) is 11.5. The van der Waals surface area contributed by atoms with Gasteiger partial charge in [0.2, 0.25) is 0 Å². The molecule has 3 N–H and O–H groups in total. The number of benzene rings is 1. The number of nitrogens with zero attached hydrogens (tertiary/aromatic N) is 1. The summed E-state index contributed by atoms with van der Waals surface area (Å²) in [4.78, 5) is 4.34. The highest BCUT2D eigenvalue weighted by molar-refractivity contribution is 9.10. The Morgan fingerprint density at radius 3 is 2.68 bits per heavy atom. The number of rotatable bonds is 3. The van der Waals surface area contributed by atoms with E-state index < -0.39 is 0 Å². The van der Waals surface area contributed by atoms with Crippen LogP contribution in [0.2, 0.25) is 5.15 Å². The highest BCUT2D eigenvalue weighted by atomic mass is 79.9. The lowest BCUT2D eigenvalue weighted by Crippen LogP contribution is -2.30. The number of nitrogens with one attached hydrogen (secondary N) is 1. The Hall–Kier alpha value is -1.18. The molecule has 4 rings (SSSR count). The molecule has 152 valence electrons. The van der Waals surface area contributed by atoms with Crippen molar-refractivity contribution in [2.75, 3.05) is 18.5 Å². The minimum atomic E-state index is 0.314. The van der Waals surface area contributed by atoms with Gasteiger partial charge in [-0.3, -0.25) is 0 Å². The summed E-state index contributed by atoms with van der Waals surface area (Å²) in [6.45, 7) is 6.44. The fourth-order valence-corrected chi connectivity index (χ4v) is 4.39. The molecular weight excluding hydrogens is 458 g/mol. The van der Waals surface area contributed by atoms with Crippen LogP contribution in [0.15, 0.2) is 46.3 Å². The van der Waals surface area contributed by atoms with E-state index in [2.05, 4.69) is 38.4 Å². The van der Waals surface area contributed by atoms with Crippen LogP contribution in [0, 0.1) is 0 Å². The average Bonchev–Trinajstić information content (AvgIpc) is 3.10. The van der Waals surface area contributed by atoms with Crippen LogP contribution < -0.4 is 11.1 Å². The van der Waals surface area contributed by atoms with Gasteiger partial charge in [-0.25, -0.2) is 4.98 Å². The van der Waals surface area contributed by atoms with Crippen LogP contribution in [0.25, 0.3) is 10.2 Å². The number of anilines is 1. The Balaban J connectivity index is 0.000000261. The third-order valence-corrected chi connectivity index (χ3v) is 6.07. The van der Waals surface area contributed by atoms with Gasteiger partial charge >= 0.3 is 0 Å². The van der Waals surface area contributed by atoms with Crippen molar-refractivity contribution in [2.24, 2.45) is 5.73 Å². The molecule has 7 heteroatoms. The normalized spacial score (nSPS) is 15.8.